The zero-order chi connectivity index (χ0) is 18.8. The molecular formula is C20H15N3O4. The smallest absolute Gasteiger partial charge is 0.373 e. The second kappa shape index (κ2) is 6.80. The number of hydrogen-bond acceptors (Lipinski definition) is 5. The number of aromatic nitrogens is 2. The Kier molecular flexibility index (Phi) is 4.18. The summed E-state index contributed by atoms with van der Waals surface area (Å²) in [5, 5.41) is 10.6. The van der Waals surface area contributed by atoms with Crippen molar-refractivity contribution in [2.45, 2.75) is 0 Å². The quantitative estimate of drug-likeness (QED) is 0.538. The first-order valence-corrected chi connectivity index (χ1v) is 8.19. The molecule has 0 unspecified atom stereocenters. The minimum Gasteiger partial charge on any atom is -0.463 e. The molecule has 7 heteroatoms. The maximum atomic E-state index is 12.4. The lowest BCUT2D eigenvalue weighted by atomic mass is 10.1. The maximum Gasteiger partial charge on any atom is 0.373 e. The van der Waals surface area contributed by atoms with Crippen LogP contribution in [-0.4, -0.2) is 29.2 Å². The van der Waals surface area contributed by atoms with Crippen molar-refractivity contribution in [3.63, 3.8) is 0 Å². The van der Waals surface area contributed by atoms with Gasteiger partial charge < -0.3 is 14.5 Å². The number of nitrogens with one attached hydrogen (secondary N) is 2. The third-order valence-corrected chi connectivity index (χ3v) is 4.11. The summed E-state index contributed by atoms with van der Waals surface area (Å²) in [6.45, 7) is 0. The lowest BCUT2D eigenvalue weighted by Gasteiger charge is -2.03. The van der Waals surface area contributed by atoms with E-state index in [9.17, 15) is 9.59 Å². The number of anilines is 1. The number of benzene rings is 2. The van der Waals surface area contributed by atoms with Gasteiger partial charge in [0.25, 0.3) is 5.91 Å². The van der Waals surface area contributed by atoms with Gasteiger partial charge in [0.1, 0.15) is 5.76 Å². The molecule has 2 aromatic heterocycles. The lowest BCUT2D eigenvalue weighted by molar-refractivity contribution is 0.0566. The number of methoxy groups -OCH3 is 1. The van der Waals surface area contributed by atoms with Gasteiger partial charge in [0.05, 0.1) is 12.6 Å². The Morgan fingerprint density at radius 3 is 2.67 bits per heavy atom. The number of nitrogens with zero attached hydrogens (tertiary/aromatic N) is 1. The first-order valence-electron chi connectivity index (χ1n) is 8.19. The van der Waals surface area contributed by atoms with E-state index in [0.29, 0.717) is 17.1 Å². The fourth-order valence-electron chi connectivity index (χ4n) is 2.74. The van der Waals surface area contributed by atoms with Crippen LogP contribution in [0.3, 0.4) is 0 Å². The number of furan rings is 1. The Morgan fingerprint density at radius 1 is 1.07 bits per heavy atom. The fraction of sp³-hybridized carbons (Fsp3) is 0.0500. The van der Waals surface area contributed by atoms with Crippen molar-refractivity contribution < 1.29 is 18.7 Å². The number of aromatic amines is 1. The second-order valence-electron chi connectivity index (χ2n) is 5.81. The van der Waals surface area contributed by atoms with E-state index in [4.69, 9.17) is 4.42 Å². The molecular weight excluding hydrogens is 346 g/mol. The number of H-pyrrole nitrogens is 1. The van der Waals surface area contributed by atoms with Gasteiger partial charge in [-0.25, -0.2) is 4.79 Å². The Labute approximate surface area is 154 Å². The summed E-state index contributed by atoms with van der Waals surface area (Å²) in [7, 11) is 1.30. The highest BCUT2D eigenvalue weighted by molar-refractivity contribution is 6.08. The van der Waals surface area contributed by atoms with Crippen LogP contribution < -0.4 is 5.32 Å². The van der Waals surface area contributed by atoms with Crippen molar-refractivity contribution in [2.24, 2.45) is 0 Å². The van der Waals surface area contributed by atoms with Gasteiger partial charge >= 0.3 is 5.97 Å². The Balaban J connectivity index is 1.66. The maximum absolute atomic E-state index is 12.4. The summed E-state index contributed by atoms with van der Waals surface area (Å²) in [6.07, 6.45) is 0. The molecule has 4 rings (SSSR count). The molecule has 0 bridgehead atoms. The van der Waals surface area contributed by atoms with Gasteiger partial charge in [0, 0.05) is 16.5 Å². The zero-order valence-electron chi connectivity index (χ0n) is 14.4. The van der Waals surface area contributed by atoms with Crippen molar-refractivity contribution >= 4 is 28.6 Å². The van der Waals surface area contributed by atoms with Crippen LogP contribution in [0.2, 0.25) is 0 Å². The predicted molar refractivity (Wildman–Crippen MR) is 99.5 cm³/mol. The molecule has 0 atom stereocenters. The van der Waals surface area contributed by atoms with Crippen LogP contribution in [0.1, 0.15) is 20.9 Å². The van der Waals surface area contributed by atoms with E-state index in [2.05, 4.69) is 20.3 Å². The summed E-state index contributed by atoms with van der Waals surface area (Å²) >= 11 is 0. The van der Waals surface area contributed by atoms with Gasteiger partial charge in [-0.2, -0.15) is 5.10 Å². The Bertz CT molecular complexity index is 1130. The Morgan fingerprint density at radius 2 is 1.89 bits per heavy atom. The SMILES string of the molecule is COC(=O)c1ccc(-c2ccc3[nH]nc(NC(=O)c4ccccc4)c3c2)o1. The summed E-state index contributed by atoms with van der Waals surface area (Å²) in [4.78, 5) is 23.9. The average molecular weight is 361 g/mol. The van der Waals surface area contributed by atoms with E-state index in [1.807, 2.05) is 24.3 Å². The molecule has 0 saturated carbocycles. The van der Waals surface area contributed by atoms with E-state index in [0.717, 1.165) is 16.5 Å². The first kappa shape index (κ1) is 16.6. The molecule has 0 aliphatic carbocycles. The molecule has 1 amide bonds. The molecule has 7 nitrogen and oxygen atoms in total. The number of fused-ring (bicyclic) bond motifs is 1. The van der Waals surface area contributed by atoms with Crippen LogP contribution >= 0.6 is 0 Å². The summed E-state index contributed by atoms with van der Waals surface area (Å²) in [6, 6.07) is 17.6. The number of hydrogen-bond donors (Lipinski definition) is 2. The lowest BCUT2D eigenvalue weighted by Crippen LogP contribution is -2.12. The van der Waals surface area contributed by atoms with Gasteiger partial charge in [0.15, 0.2) is 5.82 Å². The molecule has 0 spiro atoms. The highest BCUT2D eigenvalue weighted by Crippen LogP contribution is 2.29. The number of rotatable bonds is 4. The highest BCUT2D eigenvalue weighted by Gasteiger charge is 2.15. The van der Waals surface area contributed by atoms with Crippen LogP contribution in [0.4, 0.5) is 5.82 Å². The van der Waals surface area contributed by atoms with Crippen molar-refractivity contribution in [1.82, 2.24) is 10.2 Å². The molecule has 0 radical (unpaired) electrons. The first-order chi connectivity index (χ1) is 13.2. The molecule has 134 valence electrons. The molecule has 2 aromatic carbocycles. The molecule has 0 saturated heterocycles. The van der Waals surface area contributed by atoms with Gasteiger partial charge in [-0.1, -0.05) is 18.2 Å². The van der Waals surface area contributed by atoms with E-state index in [-0.39, 0.29) is 11.7 Å². The molecule has 2 N–H and O–H groups in total. The minimum absolute atomic E-state index is 0.123. The van der Waals surface area contributed by atoms with Crippen LogP contribution in [0, 0.1) is 0 Å². The summed E-state index contributed by atoms with van der Waals surface area (Å²) in [5.41, 5.74) is 2.05. The number of ether oxygens (including phenoxy) is 1. The van der Waals surface area contributed by atoms with Crippen molar-refractivity contribution in [2.75, 3.05) is 12.4 Å². The zero-order valence-corrected chi connectivity index (χ0v) is 14.4. The predicted octanol–water partition coefficient (Wildman–Crippen LogP) is 3.86. The van der Waals surface area contributed by atoms with Gasteiger partial charge in [-0.05, 0) is 42.5 Å². The van der Waals surface area contributed by atoms with Crippen molar-refractivity contribution in [3.8, 4) is 11.3 Å². The fourth-order valence-corrected chi connectivity index (χ4v) is 2.74. The van der Waals surface area contributed by atoms with Crippen LogP contribution in [-0.2, 0) is 4.74 Å². The van der Waals surface area contributed by atoms with E-state index in [1.54, 1.807) is 36.4 Å². The molecule has 2 heterocycles. The van der Waals surface area contributed by atoms with Gasteiger partial charge in [-0.3, -0.25) is 9.89 Å². The van der Waals surface area contributed by atoms with Crippen LogP contribution in [0.15, 0.2) is 65.1 Å². The molecule has 0 aliphatic heterocycles. The number of esters is 1. The number of carbonyl (C=O) groups is 2. The van der Waals surface area contributed by atoms with E-state index in [1.165, 1.54) is 7.11 Å². The van der Waals surface area contributed by atoms with E-state index < -0.39 is 5.97 Å². The molecule has 27 heavy (non-hydrogen) atoms. The molecule has 4 aromatic rings. The normalized spacial score (nSPS) is 10.7. The number of amides is 1. The topological polar surface area (TPSA) is 97.2 Å². The second-order valence-corrected chi connectivity index (χ2v) is 5.81. The monoisotopic (exact) mass is 361 g/mol. The third-order valence-electron chi connectivity index (χ3n) is 4.11. The van der Waals surface area contributed by atoms with Gasteiger partial charge in [-0.15, -0.1) is 0 Å². The minimum atomic E-state index is -0.540. The van der Waals surface area contributed by atoms with Crippen molar-refractivity contribution in [1.29, 1.82) is 0 Å². The summed E-state index contributed by atoms with van der Waals surface area (Å²) < 4.78 is 10.2. The number of carbonyl (C=O) groups excluding carboxylic acids is 2. The van der Waals surface area contributed by atoms with E-state index >= 15 is 0 Å². The molecule has 0 aliphatic rings. The standard InChI is InChI=1S/C20H15N3O4/c1-26-20(25)17-10-9-16(27-17)13-7-8-15-14(11-13)18(23-22-15)21-19(24)12-5-3-2-4-6-12/h2-11H,1H3,(H2,21,22,23,24). The van der Waals surface area contributed by atoms with Gasteiger partial charge in [0.2, 0.25) is 5.76 Å². The highest BCUT2D eigenvalue weighted by atomic mass is 16.5. The summed E-state index contributed by atoms with van der Waals surface area (Å²) in [5.74, 6) is 0.263. The molecule has 0 fully saturated rings. The average Bonchev–Trinajstić information content (AvgIpc) is 3.35. The Hall–Kier alpha value is -3.87. The third kappa shape index (κ3) is 3.18. The van der Waals surface area contributed by atoms with Crippen LogP contribution in [0.5, 0.6) is 0 Å². The van der Waals surface area contributed by atoms with Crippen LogP contribution in [0.25, 0.3) is 22.2 Å². The van der Waals surface area contributed by atoms with Crippen molar-refractivity contribution in [3.05, 3.63) is 72.0 Å². The largest absolute Gasteiger partial charge is 0.463 e.